The zero-order valence-electron chi connectivity index (χ0n) is 11.7. The van der Waals surface area contributed by atoms with Crippen LogP contribution in [0.1, 0.15) is 18.0 Å². The number of non-ortho nitro benzene ring substituents is 1. The molecular formula is C13H17Cl3N4O2. The summed E-state index contributed by atoms with van der Waals surface area (Å²) >= 11 is 6.18. The van der Waals surface area contributed by atoms with Crippen LogP contribution in [0, 0.1) is 21.4 Å². The van der Waals surface area contributed by atoms with E-state index in [0.29, 0.717) is 10.6 Å². The van der Waals surface area contributed by atoms with E-state index in [-0.39, 0.29) is 43.0 Å². The molecule has 0 aliphatic carbocycles. The predicted molar refractivity (Wildman–Crippen MR) is 90.0 cm³/mol. The number of nitrogens with one attached hydrogen (secondary N) is 1. The smallest absolute Gasteiger partial charge is 0.269 e. The second-order valence-corrected chi connectivity index (χ2v) is 5.03. The summed E-state index contributed by atoms with van der Waals surface area (Å²) in [5.74, 6) is 0. The summed E-state index contributed by atoms with van der Waals surface area (Å²) in [5.41, 5.74) is 0.659. The highest BCUT2D eigenvalue weighted by Gasteiger charge is 2.25. The Morgan fingerprint density at radius 2 is 2.05 bits per heavy atom. The van der Waals surface area contributed by atoms with Crippen LogP contribution >= 0.6 is 36.4 Å². The van der Waals surface area contributed by atoms with Crippen molar-refractivity contribution in [3.8, 4) is 6.07 Å². The fraction of sp³-hybridized carbons (Fsp3) is 0.462. The van der Waals surface area contributed by atoms with Crippen molar-refractivity contribution in [3.05, 3.63) is 38.9 Å². The average Bonchev–Trinajstić information content (AvgIpc) is 2.46. The molecule has 1 aliphatic heterocycles. The van der Waals surface area contributed by atoms with Gasteiger partial charge in [0.05, 0.1) is 17.4 Å². The van der Waals surface area contributed by atoms with Crippen LogP contribution in [-0.2, 0) is 0 Å². The molecule has 1 heterocycles. The van der Waals surface area contributed by atoms with Gasteiger partial charge in [0, 0.05) is 49.4 Å². The lowest BCUT2D eigenvalue weighted by atomic mass is 10.0. The third-order valence-electron chi connectivity index (χ3n) is 3.43. The molecule has 1 aromatic rings. The molecule has 0 bridgehead atoms. The van der Waals surface area contributed by atoms with Crippen LogP contribution in [0.25, 0.3) is 0 Å². The van der Waals surface area contributed by atoms with E-state index in [1.165, 1.54) is 18.2 Å². The second kappa shape index (κ2) is 9.82. The molecule has 1 saturated heterocycles. The van der Waals surface area contributed by atoms with Gasteiger partial charge in [-0.15, -0.1) is 24.8 Å². The maximum Gasteiger partial charge on any atom is 0.269 e. The maximum atomic E-state index is 10.9. The number of hydrogen-bond acceptors (Lipinski definition) is 5. The van der Waals surface area contributed by atoms with E-state index in [1.807, 2.05) is 0 Å². The Morgan fingerprint density at radius 3 is 2.59 bits per heavy atom. The largest absolute Gasteiger partial charge is 0.314 e. The fourth-order valence-corrected chi connectivity index (χ4v) is 2.66. The molecule has 0 radical (unpaired) electrons. The maximum absolute atomic E-state index is 10.9. The lowest BCUT2D eigenvalue weighted by Gasteiger charge is -2.34. The zero-order valence-corrected chi connectivity index (χ0v) is 14.1. The Morgan fingerprint density at radius 1 is 1.41 bits per heavy atom. The van der Waals surface area contributed by atoms with Gasteiger partial charge in [0.25, 0.3) is 5.69 Å². The molecule has 6 nitrogen and oxygen atoms in total. The first-order valence-electron chi connectivity index (χ1n) is 6.39. The Labute approximate surface area is 146 Å². The Balaban J connectivity index is 0.00000220. The van der Waals surface area contributed by atoms with Gasteiger partial charge in [0.1, 0.15) is 0 Å². The highest BCUT2D eigenvalue weighted by Crippen LogP contribution is 2.33. The lowest BCUT2D eigenvalue weighted by molar-refractivity contribution is -0.385. The van der Waals surface area contributed by atoms with Gasteiger partial charge < -0.3 is 5.32 Å². The summed E-state index contributed by atoms with van der Waals surface area (Å²) in [6, 6.07) is 6.34. The van der Waals surface area contributed by atoms with Crippen molar-refractivity contribution in [3.63, 3.8) is 0 Å². The van der Waals surface area contributed by atoms with Gasteiger partial charge in [-0.25, -0.2) is 0 Å². The van der Waals surface area contributed by atoms with Crippen LogP contribution in [0.2, 0.25) is 5.02 Å². The fourth-order valence-electron chi connectivity index (χ4n) is 2.42. The number of nitro benzene ring substituents is 1. The minimum Gasteiger partial charge on any atom is -0.314 e. The minimum atomic E-state index is -0.443. The van der Waals surface area contributed by atoms with Crippen LogP contribution in [0.15, 0.2) is 18.2 Å². The molecule has 9 heteroatoms. The third kappa shape index (κ3) is 4.97. The zero-order chi connectivity index (χ0) is 14.5. The number of benzene rings is 1. The molecule has 0 saturated carbocycles. The van der Waals surface area contributed by atoms with Gasteiger partial charge in [-0.2, -0.15) is 5.26 Å². The quantitative estimate of drug-likeness (QED) is 0.653. The molecule has 1 fully saturated rings. The monoisotopic (exact) mass is 366 g/mol. The molecule has 0 spiro atoms. The van der Waals surface area contributed by atoms with Gasteiger partial charge in [-0.1, -0.05) is 11.6 Å². The summed E-state index contributed by atoms with van der Waals surface area (Å²) in [6.45, 7) is 3.28. The van der Waals surface area contributed by atoms with Crippen LogP contribution in [0.5, 0.6) is 0 Å². The minimum absolute atomic E-state index is 0. The van der Waals surface area contributed by atoms with Crippen molar-refractivity contribution in [1.29, 1.82) is 5.26 Å². The van der Waals surface area contributed by atoms with Crippen LogP contribution in [-0.4, -0.2) is 36.0 Å². The predicted octanol–water partition coefficient (Wildman–Crippen LogP) is 2.95. The van der Waals surface area contributed by atoms with Gasteiger partial charge >= 0.3 is 0 Å². The van der Waals surface area contributed by atoms with Crippen LogP contribution in [0.4, 0.5) is 5.69 Å². The first-order chi connectivity index (χ1) is 9.63. The number of piperazine rings is 1. The second-order valence-electron chi connectivity index (χ2n) is 4.63. The van der Waals surface area contributed by atoms with Gasteiger partial charge in [-0.3, -0.25) is 15.0 Å². The number of nitriles is 1. The topological polar surface area (TPSA) is 82.2 Å². The van der Waals surface area contributed by atoms with E-state index in [2.05, 4.69) is 16.3 Å². The SMILES string of the molecule is Cl.Cl.N#CC[C@@H](c1cc([N+](=O)[O-])ccc1Cl)N1CCNCC1. The molecule has 1 aromatic carbocycles. The first kappa shape index (κ1) is 20.9. The summed E-state index contributed by atoms with van der Waals surface area (Å²) in [6.07, 6.45) is 0.265. The summed E-state index contributed by atoms with van der Waals surface area (Å²) < 4.78 is 0. The van der Waals surface area contributed by atoms with Crippen molar-refractivity contribution in [2.75, 3.05) is 26.2 Å². The number of nitro groups is 1. The van der Waals surface area contributed by atoms with E-state index < -0.39 is 4.92 Å². The lowest BCUT2D eigenvalue weighted by Crippen LogP contribution is -2.45. The standard InChI is InChI=1S/C13H15ClN4O2.2ClH/c14-12-2-1-10(18(19)20)9-11(12)13(3-4-15)17-7-5-16-6-8-17;;/h1-2,9,13,16H,3,5-8H2;2*1H/t13-;;/m0../s1. The molecule has 122 valence electrons. The molecular weight excluding hydrogens is 351 g/mol. The summed E-state index contributed by atoms with van der Waals surface area (Å²) in [7, 11) is 0. The number of halogens is 3. The van der Waals surface area contributed by atoms with E-state index >= 15 is 0 Å². The van der Waals surface area contributed by atoms with Crippen LogP contribution < -0.4 is 5.32 Å². The van der Waals surface area contributed by atoms with Crippen molar-refractivity contribution < 1.29 is 4.92 Å². The molecule has 0 unspecified atom stereocenters. The normalized spacial score (nSPS) is 15.8. The molecule has 0 aromatic heterocycles. The Kier molecular flexibility index (Phi) is 9.33. The molecule has 2 rings (SSSR count). The van der Waals surface area contributed by atoms with Crippen molar-refractivity contribution in [2.24, 2.45) is 0 Å². The molecule has 1 N–H and O–H groups in total. The highest BCUT2D eigenvalue weighted by atomic mass is 35.5. The molecule has 1 aliphatic rings. The summed E-state index contributed by atoms with van der Waals surface area (Å²) in [4.78, 5) is 12.6. The highest BCUT2D eigenvalue weighted by molar-refractivity contribution is 6.31. The van der Waals surface area contributed by atoms with Crippen molar-refractivity contribution in [2.45, 2.75) is 12.5 Å². The van der Waals surface area contributed by atoms with Crippen LogP contribution in [0.3, 0.4) is 0 Å². The third-order valence-corrected chi connectivity index (χ3v) is 3.77. The van der Waals surface area contributed by atoms with Gasteiger partial charge in [0.15, 0.2) is 0 Å². The molecule has 0 amide bonds. The summed E-state index contributed by atoms with van der Waals surface area (Å²) in [5, 5.41) is 23.6. The van der Waals surface area contributed by atoms with E-state index in [0.717, 1.165) is 26.2 Å². The Hall–Kier alpha value is -1.10. The number of nitrogens with zero attached hydrogens (tertiary/aromatic N) is 3. The van der Waals surface area contributed by atoms with E-state index in [1.54, 1.807) is 0 Å². The van der Waals surface area contributed by atoms with E-state index in [9.17, 15) is 10.1 Å². The average molecular weight is 368 g/mol. The molecule has 22 heavy (non-hydrogen) atoms. The Bertz CT molecular complexity index is 545. The van der Waals surface area contributed by atoms with Crippen molar-refractivity contribution >= 4 is 42.1 Å². The number of rotatable bonds is 4. The van der Waals surface area contributed by atoms with Gasteiger partial charge in [-0.05, 0) is 11.6 Å². The first-order valence-corrected chi connectivity index (χ1v) is 6.77. The number of hydrogen-bond donors (Lipinski definition) is 1. The van der Waals surface area contributed by atoms with Crippen molar-refractivity contribution in [1.82, 2.24) is 10.2 Å². The molecule has 1 atom stereocenters. The van der Waals surface area contributed by atoms with Gasteiger partial charge in [0.2, 0.25) is 0 Å². The van der Waals surface area contributed by atoms with E-state index in [4.69, 9.17) is 16.9 Å².